The molecule has 3 N–H and O–H groups in total. The molecule has 2 rings (SSSR count). The molecule has 1 aliphatic heterocycles. The van der Waals surface area contributed by atoms with Crippen molar-refractivity contribution in [2.75, 3.05) is 45.2 Å². The van der Waals surface area contributed by atoms with E-state index in [-0.39, 0.29) is 16.7 Å². The van der Waals surface area contributed by atoms with Gasteiger partial charge >= 0.3 is 0 Å². The monoisotopic (exact) mass is 368 g/mol. The Morgan fingerprint density at radius 1 is 1.32 bits per heavy atom. The highest BCUT2D eigenvalue weighted by molar-refractivity contribution is 7.89. The van der Waals surface area contributed by atoms with Crippen molar-refractivity contribution < 1.29 is 13.2 Å². The Balaban J connectivity index is 2.39. The van der Waals surface area contributed by atoms with Crippen molar-refractivity contribution in [3.8, 4) is 0 Å². The van der Waals surface area contributed by atoms with Gasteiger partial charge in [-0.15, -0.1) is 0 Å². The standard InChI is InChI=1S/C17H28N4O3S/c1-13(11-18)12-19-17(22)15-10-14(25(23,24)20(2)3)6-7-16(15)21-8-4-5-9-21/h6-7,10,13H,4-5,8-9,11-12,18H2,1-3H3,(H,19,22). The second-order valence-corrected chi connectivity index (χ2v) is 8.86. The van der Waals surface area contributed by atoms with E-state index in [1.807, 2.05) is 6.92 Å². The van der Waals surface area contributed by atoms with Crippen LogP contribution in [0.5, 0.6) is 0 Å². The second kappa shape index (κ2) is 8.16. The first kappa shape index (κ1) is 19.7. The third kappa shape index (κ3) is 4.50. The second-order valence-electron chi connectivity index (χ2n) is 6.71. The first-order chi connectivity index (χ1) is 11.8. The average Bonchev–Trinajstić information content (AvgIpc) is 3.12. The van der Waals surface area contributed by atoms with Gasteiger partial charge in [0.25, 0.3) is 5.91 Å². The molecule has 7 nitrogen and oxygen atoms in total. The van der Waals surface area contributed by atoms with Gasteiger partial charge in [0.1, 0.15) is 0 Å². The molecule has 25 heavy (non-hydrogen) atoms. The molecular weight excluding hydrogens is 340 g/mol. The van der Waals surface area contributed by atoms with Crippen LogP contribution in [0.2, 0.25) is 0 Å². The number of hydrogen-bond acceptors (Lipinski definition) is 5. The molecule has 1 unspecified atom stereocenters. The highest BCUT2D eigenvalue weighted by Crippen LogP contribution is 2.28. The van der Waals surface area contributed by atoms with Crippen LogP contribution >= 0.6 is 0 Å². The number of nitrogens with one attached hydrogen (secondary N) is 1. The summed E-state index contributed by atoms with van der Waals surface area (Å²) in [6.45, 7) is 4.64. The lowest BCUT2D eigenvalue weighted by Gasteiger charge is -2.22. The van der Waals surface area contributed by atoms with Gasteiger partial charge in [-0.25, -0.2) is 12.7 Å². The summed E-state index contributed by atoms with van der Waals surface area (Å²) in [4.78, 5) is 15.0. The summed E-state index contributed by atoms with van der Waals surface area (Å²) in [5.41, 5.74) is 6.78. The third-order valence-corrected chi connectivity index (χ3v) is 6.26. The van der Waals surface area contributed by atoms with E-state index in [0.717, 1.165) is 35.9 Å². The van der Waals surface area contributed by atoms with Crippen molar-refractivity contribution in [1.82, 2.24) is 9.62 Å². The molecule has 0 saturated carbocycles. The summed E-state index contributed by atoms with van der Waals surface area (Å²) in [7, 11) is -0.637. The van der Waals surface area contributed by atoms with E-state index in [2.05, 4.69) is 10.2 Å². The summed E-state index contributed by atoms with van der Waals surface area (Å²) in [6, 6.07) is 4.79. The summed E-state index contributed by atoms with van der Waals surface area (Å²) >= 11 is 0. The maximum atomic E-state index is 12.7. The Labute approximate surface area is 150 Å². The average molecular weight is 369 g/mol. The normalized spacial score (nSPS) is 16.3. The fourth-order valence-electron chi connectivity index (χ4n) is 2.75. The molecule has 0 aromatic heterocycles. The predicted molar refractivity (Wildman–Crippen MR) is 99.3 cm³/mol. The van der Waals surface area contributed by atoms with Crippen molar-refractivity contribution in [2.45, 2.75) is 24.7 Å². The number of benzene rings is 1. The molecule has 1 fully saturated rings. The largest absolute Gasteiger partial charge is 0.371 e. The number of carbonyl (C=O) groups is 1. The maximum Gasteiger partial charge on any atom is 0.253 e. The van der Waals surface area contributed by atoms with Crippen LogP contribution in [-0.4, -0.2) is 58.9 Å². The molecule has 1 atom stereocenters. The lowest BCUT2D eigenvalue weighted by atomic mass is 10.1. The summed E-state index contributed by atoms with van der Waals surface area (Å²) in [5, 5.41) is 2.87. The van der Waals surface area contributed by atoms with Crippen molar-refractivity contribution in [3.05, 3.63) is 23.8 Å². The lowest BCUT2D eigenvalue weighted by molar-refractivity contribution is 0.0949. The SMILES string of the molecule is CC(CN)CNC(=O)c1cc(S(=O)(=O)N(C)C)ccc1N1CCCC1. The molecule has 0 spiro atoms. The minimum atomic E-state index is -3.59. The molecule has 1 amide bonds. The van der Waals surface area contributed by atoms with E-state index in [1.54, 1.807) is 12.1 Å². The molecule has 1 aromatic rings. The van der Waals surface area contributed by atoms with Gasteiger partial charge in [-0.05, 0) is 43.5 Å². The van der Waals surface area contributed by atoms with E-state index in [4.69, 9.17) is 5.73 Å². The van der Waals surface area contributed by atoms with Gasteiger partial charge in [-0.2, -0.15) is 0 Å². The molecule has 8 heteroatoms. The number of nitrogens with two attached hydrogens (primary N) is 1. The molecule has 1 aliphatic rings. The van der Waals surface area contributed by atoms with E-state index in [1.165, 1.54) is 20.2 Å². The van der Waals surface area contributed by atoms with Gasteiger partial charge in [0.2, 0.25) is 10.0 Å². The highest BCUT2D eigenvalue weighted by Gasteiger charge is 2.24. The molecule has 1 saturated heterocycles. The van der Waals surface area contributed by atoms with Crippen LogP contribution in [0, 0.1) is 5.92 Å². The Morgan fingerprint density at radius 3 is 2.52 bits per heavy atom. The quantitative estimate of drug-likeness (QED) is 0.744. The number of sulfonamides is 1. The van der Waals surface area contributed by atoms with Gasteiger partial charge in [-0.1, -0.05) is 6.92 Å². The van der Waals surface area contributed by atoms with Crippen LogP contribution in [0.15, 0.2) is 23.1 Å². The fraction of sp³-hybridized carbons (Fsp3) is 0.588. The van der Waals surface area contributed by atoms with Crippen LogP contribution in [0.3, 0.4) is 0 Å². The van der Waals surface area contributed by atoms with Crippen LogP contribution < -0.4 is 16.0 Å². The summed E-state index contributed by atoms with van der Waals surface area (Å²) < 4.78 is 26.0. The van der Waals surface area contributed by atoms with Crippen molar-refractivity contribution in [1.29, 1.82) is 0 Å². The van der Waals surface area contributed by atoms with E-state index in [9.17, 15) is 13.2 Å². The minimum Gasteiger partial charge on any atom is -0.371 e. The topological polar surface area (TPSA) is 95.7 Å². The molecule has 1 heterocycles. The van der Waals surface area contributed by atoms with Gasteiger partial charge in [0, 0.05) is 39.4 Å². The maximum absolute atomic E-state index is 12.7. The Kier molecular flexibility index (Phi) is 6.42. The molecule has 1 aromatic carbocycles. The van der Waals surface area contributed by atoms with Gasteiger partial charge in [0.05, 0.1) is 10.5 Å². The van der Waals surface area contributed by atoms with Crippen LogP contribution in [0.4, 0.5) is 5.69 Å². The first-order valence-corrected chi connectivity index (χ1v) is 10.0. The number of rotatable bonds is 7. The zero-order valence-electron chi connectivity index (χ0n) is 15.2. The number of anilines is 1. The lowest BCUT2D eigenvalue weighted by Crippen LogP contribution is -2.33. The molecule has 0 bridgehead atoms. The van der Waals surface area contributed by atoms with E-state index in [0.29, 0.717) is 18.7 Å². The van der Waals surface area contributed by atoms with E-state index < -0.39 is 10.0 Å². The molecule has 140 valence electrons. The van der Waals surface area contributed by atoms with E-state index >= 15 is 0 Å². The van der Waals surface area contributed by atoms with Crippen LogP contribution in [-0.2, 0) is 10.0 Å². The van der Waals surface area contributed by atoms with Crippen molar-refractivity contribution in [2.24, 2.45) is 11.7 Å². The van der Waals surface area contributed by atoms with Crippen molar-refractivity contribution >= 4 is 21.6 Å². The van der Waals surface area contributed by atoms with Gasteiger partial charge < -0.3 is 16.0 Å². The Hall–Kier alpha value is -1.64. The summed E-state index contributed by atoms with van der Waals surface area (Å²) in [5.74, 6) is -0.106. The van der Waals surface area contributed by atoms with Crippen LogP contribution in [0.25, 0.3) is 0 Å². The summed E-state index contributed by atoms with van der Waals surface area (Å²) in [6.07, 6.45) is 2.14. The molecule has 0 aliphatic carbocycles. The first-order valence-electron chi connectivity index (χ1n) is 8.57. The minimum absolute atomic E-state index is 0.123. The molecule has 0 radical (unpaired) electrons. The number of amides is 1. The Bertz CT molecular complexity index is 713. The zero-order valence-corrected chi connectivity index (χ0v) is 16.0. The molecular formula is C17H28N4O3S. The zero-order chi connectivity index (χ0) is 18.6. The third-order valence-electron chi connectivity index (χ3n) is 4.45. The van der Waals surface area contributed by atoms with Crippen LogP contribution in [0.1, 0.15) is 30.1 Å². The van der Waals surface area contributed by atoms with Gasteiger partial charge in [0.15, 0.2) is 0 Å². The Morgan fingerprint density at radius 2 is 1.96 bits per heavy atom. The number of hydrogen-bond donors (Lipinski definition) is 2. The number of nitrogens with zero attached hydrogens (tertiary/aromatic N) is 2. The fourth-order valence-corrected chi connectivity index (χ4v) is 3.68. The van der Waals surface area contributed by atoms with Crippen molar-refractivity contribution in [3.63, 3.8) is 0 Å². The number of carbonyl (C=O) groups excluding carboxylic acids is 1. The van der Waals surface area contributed by atoms with Gasteiger partial charge in [-0.3, -0.25) is 4.79 Å². The highest BCUT2D eigenvalue weighted by atomic mass is 32.2. The smallest absolute Gasteiger partial charge is 0.253 e. The predicted octanol–water partition coefficient (Wildman–Crippen LogP) is 0.862.